The van der Waals surface area contributed by atoms with Crippen LogP contribution in [0.15, 0.2) is 0 Å². The number of amides is 1. The molecule has 84 valence electrons. The molecule has 15 heavy (non-hydrogen) atoms. The van der Waals surface area contributed by atoms with Gasteiger partial charge in [0.1, 0.15) is 5.01 Å². The Labute approximate surface area is 102 Å². The van der Waals surface area contributed by atoms with Gasteiger partial charge in [0.2, 0.25) is 11.0 Å². The van der Waals surface area contributed by atoms with E-state index in [1.165, 1.54) is 11.3 Å². The lowest BCUT2D eigenvalue weighted by molar-refractivity contribution is -0.117. The van der Waals surface area contributed by atoms with Crippen LogP contribution in [-0.4, -0.2) is 33.8 Å². The summed E-state index contributed by atoms with van der Waals surface area (Å²) in [6.07, 6.45) is 0. The summed E-state index contributed by atoms with van der Waals surface area (Å²) in [4.78, 5) is 11.6. The number of nitrogens with zero attached hydrogens (tertiary/aromatic N) is 2. The van der Waals surface area contributed by atoms with Crippen molar-refractivity contribution < 1.29 is 4.79 Å². The third-order valence-corrected chi connectivity index (χ3v) is 3.48. The highest BCUT2D eigenvalue weighted by atomic mass is 35.5. The maximum atomic E-state index is 11.6. The summed E-state index contributed by atoms with van der Waals surface area (Å²) in [5.41, 5.74) is 0. The summed E-state index contributed by atoms with van der Waals surface area (Å²) < 4.78 is 0. The summed E-state index contributed by atoms with van der Waals surface area (Å²) >= 11 is 3.11. The topological polar surface area (TPSA) is 66.9 Å². The van der Waals surface area contributed by atoms with Crippen molar-refractivity contribution in [2.75, 3.05) is 16.9 Å². The molecule has 1 fully saturated rings. The summed E-state index contributed by atoms with van der Waals surface area (Å²) in [6, 6.07) is -0.0933. The Hall–Kier alpha value is -0.370. The Kier molecular flexibility index (Phi) is 4.78. The molecule has 8 heteroatoms. The van der Waals surface area contributed by atoms with E-state index in [2.05, 4.69) is 20.8 Å². The van der Waals surface area contributed by atoms with Crippen LogP contribution in [0.4, 0.5) is 5.13 Å². The van der Waals surface area contributed by atoms with Crippen molar-refractivity contribution in [3.05, 3.63) is 5.01 Å². The summed E-state index contributed by atoms with van der Waals surface area (Å²) in [7, 11) is 0. The van der Waals surface area contributed by atoms with Gasteiger partial charge in [-0.05, 0) is 6.92 Å². The van der Waals surface area contributed by atoms with Gasteiger partial charge in [0, 0.05) is 11.6 Å². The van der Waals surface area contributed by atoms with E-state index in [1.54, 1.807) is 11.8 Å². The number of carbonyl (C=O) groups excluding carboxylic acids is 1. The fourth-order valence-electron chi connectivity index (χ4n) is 1.10. The largest absolute Gasteiger partial charge is 0.299 e. The first-order chi connectivity index (χ1) is 6.75. The molecule has 2 rings (SSSR count). The zero-order chi connectivity index (χ0) is 9.97. The average molecular weight is 267 g/mol. The Morgan fingerprint density at radius 1 is 1.60 bits per heavy atom. The minimum absolute atomic E-state index is 0. The molecule has 1 unspecified atom stereocenters. The normalized spacial score (nSPS) is 19.7. The van der Waals surface area contributed by atoms with Crippen LogP contribution in [0.1, 0.15) is 5.01 Å². The van der Waals surface area contributed by atoms with E-state index in [4.69, 9.17) is 0 Å². The fraction of sp³-hybridized carbons (Fsp3) is 0.571. The molecule has 2 heterocycles. The summed E-state index contributed by atoms with van der Waals surface area (Å²) in [6.45, 7) is 1.86. The Bertz CT molecular complexity index is 339. The van der Waals surface area contributed by atoms with Crippen LogP contribution in [-0.2, 0) is 4.79 Å². The zero-order valence-corrected chi connectivity index (χ0v) is 10.5. The van der Waals surface area contributed by atoms with E-state index in [9.17, 15) is 4.79 Å². The van der Waals surface area contributed by atoms with Gasteiger partial charge < -0.3 is 0 Å². The number of aryl methyl sites for hydroxylation is 1. The van der Waals surface area contributed by atoms with Crippen LogP contribution in [0.5, 0.6) is 0 Å². The number of hydrogen-bond donors (Lipinski definition) is 2. The third-order valence-electron chi connectivity index (χ3n) is 1.79. The molecule has 0 bridgehead atoms. The van der Waals surface area contributed by atoms with Gasteiger partial charge in [-0.1, -0.05) is 11.3 Å². The van der Waals surface area contributed by atoms with E-state index >= 15 is 0 Å². The molecule has 0 radical (unpaired) electrons. The van der Waals surface area contributed by atoms with Crippen LogP contribution in [0.2, 0.25) is 0 Å². The molecule has 1 aliphatic heterocycles. The standard InChI is InChI=1S/C7H10N4OS2.ClH/c1-4-10-11-7(14-4)9-6(12)5-2-13-3-8-5;/h5,8H,2-3H2,1H3,(H,9,11,12);1H. The molecular formula is C7H11ClN4OS2. The number of hydrogen-bond acceptors (Lipinski definition) is 6. The number of thioether (sulfide) groups is 1. The van der Waals surface area contributed by atoms with Crippen molar-refractivity contribution in [3.8, 4) is 0 Å². The number of anilines is 1. The first-order valence-electron chi connectivity index (χ1n) is 4.18. The highest BCUT2D eigenvalue weighted by molar-refractivity contribution is 7.99. The fourth-order valence-corrected chi connectivity index (χ4v) is 2.64. The molecule has 1 aromatic heterocycles. The molecule has 1 aromatic rings. The highest BCUT2D eigenvalue weighted by Gasteiger charge is 2.23. The first-order valence-corrected chi connectivity index (χ1v) is 6.15. The van der Waals surface area contributed by atoms with Gasteiger partial charge in [-0.3, -0.25) is 15.4 Å². The molecule has 2 N–H and O–H groups in total. The number of carbonyl (C=O) groups is 1. The lowest BCUT2D eigenvalue weighted by Gasteiger charge is -2.06. The minimum atomic E-state index is -0.0933. The van der Waals surface area contributed by atoms with Crippen LogP contribution >= 0.6 is 35.5 Å². The zero-order valence-electron chi connectivity index (χ0n) is 8.02. The molecule has 1 atom stereocenters. The molecule has 0 aromatic carbocycles. The van der Waals surface area contributed by atoms with Gasteiger partial charge in [0.25, 0.3) is 0 Å². The molecule has 1 saturated heterocycles. The third kappa shape index (κ3) is 3.30. The van der Waals surface area contributed by atoms with Crippen LogP contribution in [0, 0.1) is 6.92 Å². The molecule has 5 nitrogen and oxygen atoms in total. The van der Waals surface area contributed by atoms with E-state index in [-0.39, 0.29) is 24.4 Å². The van der Waals surface area contributed by atoms with Crippen molar-refractivity contribution >= 4 is 46.5 Å². The predicted octanol–water partition coefficient (Wildman–Crippen LogP) is 0.869. The van der Waals surface area contributed by atoms with Crippen LogP contribution in [0.25, 0.3) is 0 Å². The average Bonchev–Trinajstić information content (AvgIpc) is 2.75. The van der Waals surface area contributed by atoms with Crippen molar-refractivity contribution in [2.24, 2.45) is 0 Å². The van der Waals surface area contributed by atoms with Crippen molar-refractivity contribution in [1.29, 1.82) is 0 Å². The quantitative estimate of drug-likeness (QED) is 0.832. The number of nitrogens with one attached hydrogen (secondary N) is 2. The number of aromatic nitrogens is 2. The molecule has 0 spiro atoms. The lowest BCUT2D eigenvalue weighted by Crippen LogP contribution is -2.37. The van der Waals surface area contributed by atoms with Gasteiger partial charge in [-0.25, -0.2) is 0 Å². The second kappa shape index (κ2) is 5.64. The Morgan fingerprint density at radius 2 is 2.40 bits per heavy atom. The van der Waals surface area contributed by atoms with E-state index in [1.807, 2.05) is 6.92 Å². The molecular weight excluding hydrogens is 256 g/mol. The molecule has 0 saturated carbocycles. The van der Waals surface area contributed by atoms with Crippen molar-refractivity contribution in [1.82, 2.24) is 15.5 Å². The predicted molar refractivity (Wildman–Crippen MR) is 64.8 cm³/mol. The van der Waals surface area contributed by atoms with Gasteiger partial charge in [0.05, 0.1) is 6.04 Å². The number of rotatable bonds is 2. The number of halogens is 1. The maximum Gasteiger partial charge on any atom is 0.244 e. The minimum Gasteiger partial charge on any atom is -0.299 e. The van der Waals surface area contributed by atoms with E-state index in [0.717, 1.165) is 16.6 Å². The van der Waals surface area contributed by atoms with Crippen molar-refractivity contribution in [2.45, 2.75) is 13.0 Å². The second-order valence-corrected chi connectivity index (χ2v) is 5.10. The molecule has 1 aliphatic rings. The smallest absolute Gasteiger partial charge is 0.244 e. The maximum absolute atomic E-state index is 11.6. The molecule has 0 aliphatic carbocycles. The second-order valence-electron chi connectivity index (χ2n) is 2.89. The van der Waals surface area contributed by atoms with Gasteiger partial charge in [-0.15, -0.1) is 34.4 Å². The lowest BCUT2D eigenvalue weighted by atomic mass is 10.3. The van der Waals surface area contributed by atoms with Crippen molar-refractivity contribution in [3.63, 3.8) is 0 Å². The van der Waals surface area contributed by atoms with E-state index in [0.29, 0.717) is 5.13 Å². The monoisotopic (exact) mass is 266 g/mol. The highest BCUT2D eigenvalue weighted by Crippen LogP contribution is 2.16. The first kappa shape index (κ1) is 12.7. The van der Waals surface area contributed by atoms with Gasteiger partial charge in [0.15, 0.2) is 0 Å². The van der Waals surface area contributed by atoms with Crippen LogP contribution in [0.3, 0.4) is 0 Å². The van der Waals surface area contributed by atoms with Gasteiger partial charge in [-0.2, -0.15) is 0 Å². The van der Waals surface area contributed by atoms with Crippen LogP contribution < -0.4 is 10.6 Å². The SMILES string of the molecule is Cc1nnc(NC(=O)C2CSCN2)s1.Cl. The van der Waals surface area contributed by atoms with Gasteiger partial charge >= 0.3 is 0 Å². The summed E-state index contributed by atoms with van der Waals surface area (Å²) in [5.74, 6) is 1.64. The Balaban J connectivity index is 0.00000112. The Morgan fingerprint density at radius 3 is 2.93 bits per heavy atom. The molecule has 1 amide bonds. The van der Waals surface area contributed by atoms with E-state index < -0.39 is 0 Å². The summed E-state index contributed by atoms with van der Waals surface area (Å²) in [5, 5.41) is 14.9.